The fourth-order valence-corrected chi connectivity index (χ4v) is 4.09. The first-order valence-electron chi connectivity index (χ1n) is 9.81. The van der Waals surface area contributed by atoms with E-state index in [0.29, 0.717) is 23.1 Å². The van der Waals surface area contributed by atoms with Gasteiger partial charge in [-0.05, 0) is 30.5 Å². The summed E-state index contributed by atoms with van der Waals surface area (Å²) in [6.07, 6.45) is 3.32. The van der Waals surface area contributed by atoms with E-state index in [0.717, 1.165) is 36.3 Å². The molecule has 7 heteroatoms. The Morgan fingerprint density at radius 3 is 2.64 bits per heavy atom. The van der Waals surface area contributed by atoms with E-state index in [9.17, 15) is 9.59 Å². The molecule has 0 radical (unpaired) electrons. The van der Waals surface area contributed by atoms with Crippen LogP contribution in [-0.2, 0) is 11.8 Å². The van der Waals surface area contributed by atoms with Crippen LogP contribution in [0.3, 0.4) is 0 Å². The van der Waals surface area contributed by atoms with Crippen molar-refractivity contribution < 1.29 is 9.53 Å². The lowest BCUT2D eigenvalue weighted by Gasteiger charge is -2.27. The number of amides is 1. The van der Waals surface area contributed by atoms with Crippen molar-refractivity contribution in [1.82, 2.24) is 9.55 Å². The average molecular weight is 402 g/mol. The molecule has 150 valence electrons. The van der Waals surface area contributed by atoms with Crippen molar-refractivity contribution in [2.45, 2.75) is 50.6 Å². The summed E-state index contributed by atoms with van der Waals surface area (Å²) in [7, 11) is 1.84. The number of hydrogen-bond donors (Lipinski definition) is 1. The monoisotopic (exact) mass is 401 g/mol. The van der Waals surface area contributed by atoms with Crippen molar-refractivity contribution in [2.24, 2.45) is 7.05 Å². The van der Waals surface area contributed by atoms with E-state index < -0.39 is 0 Å². The number of unbranched alkanes of at least 4 members (excludes halogenated alkanes) is 1. The maximum Gasteiger partial charge on any atom is 0.279 e. The first kappa shape index (κ1) is 20.5. The molecule has 0 unspecified atom stereocenters. The summed E-state index contributed by atoms with van der Waals surface area (Å²) >= 11 is 1.53. The minimum atomic E-state index is -0.301. The molecule has 6 nitrogen and oxygen atoms in total. The quantitative estimate of drug-likeness (QED) is 0.412. The van der Waals surface area contributed by atoms with Gasteiger partial charge in [-0.3, -0.25) is 9.59 Å². The van der Waals surface area contributed by atoms with Crippen molar-refractivity contribution in [2.75, 3.05) is 17.7 Å². The molecular formula is C21H27N3O3S. The summed E-state index contributed by atoms with van der Waals surface area (Å²) < 4.78 is 7.54. The first-order valence-corrected chi connectivity index (χ1v) is 10.8. The predicted octanol–water partition coefficient (Wildman–Crippen LogP) is 3.94. The van der Waals surface area contributed by atoms with Gasteiger partial charge in [0.25, 0.3) is 5.56 Å². The fourth-order valence-electron chi connectivity index (χ4n) is 3.27. The van der Waals surface area contributed by atoms with Crippen LogP contribution in [0.4, 0.5) is 5.82 Å². The van der Waals surface area contributed by atoms with Crippen molar-refractivity contribution >= 4 is 23.5 Å². The molecule has 28 heavy (non-hydrogen) atoms. The van der Waals surface area contributed by atoms with Gasteiger partial charge >= 0.3 is 0 Å². The average Bonchev–Trinajstić information content (AvgIpc) is 2.69. The van der Waals surface area contributed by atoms with E-state index in [1.54, 1.807) is 0 Å². The summed E-state index contributed by atoms with van der Waals surface area (Å²) in [6.45, 7) is 4.89. The lowest BCUT2D eigenvalue weighted by atomic mass is 9.87. The second-order valence-electron chi connectivity index (χ2n) is 6.95. The maximum absolute atomic E-state index is 12.8. The Hall–Kier alpha value is -2.28. The highest BCUT2D eigenvalue weighted by Gasteiger charge is 2.32. The number of ether oxygens (including phenoxy) is 1. The molecule has 1 aliphatic rings. The molecule has 0 bridgehead atoms. The van der Waals surface area contributed by atoms with Crippen LogP contribution in [0.2, 0.25) is 0 Å². The van der Waals surface area contributed by atoms with Crippen LogP contribution < -0.4 is 15.6 Å². The summed E-state index contributed by atoms with van der Waals surface area (Å²) in [4.78, 5) is 29.5. The molecule has 0 fully saturated rings. The molecular weight excluding hydrogens is 374 g/mol. The molecule has 1 atom stereocenters. The van der Waals surface area contributed by atoms with Gasteiger partial charge in [0.1, 0.15) is 11.6 Å². The molecule has 2 heterocycles. The van der Waals surface area contributed by atoms with Gasteiger partial charge in [0, 0.05) is 25.1 Å². The molecule has 0 aliphatic carbocycles. The molecule has 3 rings (SSSR count). The molecule has 0 spiro atoms. The maximum atomic E-state index is 12.8. The van der Waals surface area contributed by atoms with Crippen LogP contribution >= 0.6 is 11.8 Å². The van der Waals surface area contributed by atoms with Crippen molar-refractivity contribution in [3.8, 4) is 5.75 Å². The third-order valence-corrected chi connectivity index (χ3v) is 6.02. The summed E-state index contributed by atoms with van der Waals surface area (Å²) in [6, 6.07) is 7.68. The van der Waals surface area contributed by atoms with E-state index in [2.05, 4.69) is 24.1 Å². The molecule has 1 N–H and O–H groups in total. The van der Waals surface area contributed by atoms with Crippen LogP contribution in [0.1, 0.15) is 56.6 Å². The molecule has 0 saturated carbocycles. The smallest absolute Gasteiger partial charge is 0.279 e. The second-order valence-corrected chi connectivity index (χ2v) is 8.01. The minimum absolute atomic E-state index is 0.0894. The third kappa shape index (κ3) is 4.41. The fraction of sp³-hybridized carbons (Fsp3) is 0.476. The van der Waals surface area contributed by atoms with Crippen LogP contribution in [0, 0.1) is 0 Å². The Balaban J connectivity index is 1.93. The number of carbonyl (C=O) groups is 1. The Kier molecular flexibility index (Phi) is 6.78. The van der Waals surface area contributed by atoms with Crippen molar-refractivity contribution in [3.05, 3.63) is 45.7 Å². The number of nitrogens with one attached hydrogen (secondary N) is 1. The normalized spacial score (nSPS) is 15.8. The zero-order valence-corrected chi connectivity index (χ0v) is 17.5. The van der Waals surface area contributed by atoms with E-state index in [1.807, 2.05) is 35.9 Å². The van der Waals surface area contributed by atoms with Gasteiger partial charge in [0.15, 0.2) is 5.16 Å². The van der Waals surface area contributed by atoms with Crippen LogP contribution in [-0.4, -0.2) is 27.8 Å². The van der Waals surface area contributed by atoms with E-state index in [4.69, 9.17) is 4.74 Å². The molecule has 1 aromatic heterocycles. The standard InChI is InChI=1S/C21H27N3O3S/c1-4-6-11-27-15-9-7-14(8-10-15)16-13-17(25)22-19-18(16)20(26)23-21(24(19)3)28-12-5-2/h7-10,16H,4-6,11-13H2,1-3H3,(H,22,25)/t16-/m0/s1. The third-order valence-electron chi connectivity index (χ3n) is 4.79. The van der Waals surface area contributed by atoms with Gasteiger partial charge in [-0.15, -0.1) is 0 Å². The molecule has 2 aromatic rings. The number of hydrogen-bond acceptors (Lipinski definition) is 5. The van der Waals surface area contributed by atoms with Gasteiger partial charge in [0.2, 0.25) is 5.91 Å². The Morgan fingerprint density at radius 2 is 1.96 bits per heavy atom. The van der Waals surface area contributed by atoms with Gasteiger partial charge < -0.3 is 14.6 Å². The number of fused-ring (bicyclic) bond motifs is 1. The molecule has 1 aromatic carbocycles. The van der Waals surface area contributed by atoms with Crippen LogP contribution in [0.5, 0.6) is 5.75 Å². The summed E-state index contributed by atoms with van der Waals surface area (Å²) in [5.74, 6) is 1.84. The van der Waals surface area contributed by atoms with E-state index in [1.165, 1.54) is 11.8 Å². The van der Waals surface area contributed by atoms with E-state index >= 15 is 0 Å². The number of rotatable bonds is 8. The number of anilines is 1. The summed E-state index contributed by atoms with van der Waals surface area (Å²) in [5.41, 5.74) is 1.22. The highest BCUT2D eigenvalue weighted by molar-refractivity contribution is 7.99. The predicted molar refractivity (Wildman–Crippen MR) is 112 cm³/mol. The Morgan fingerprint density at radius 1 is 1.21 bits per heavy atom. The lowest BCUT2D eigenvalue weighted by molar-refractivity contribution is -0.116. The minimum Gasteiger partial charge on any atom is -0.494 e. The number of nitrogens with zero attached hydrogens (tertiary/aromatic N) is 2. The van der Waals surface area contributed by atoms with Gasteiger partial charge in [0.05, 0.1) is 12.2 Å². The largest absolute Gasteiger partial charge is 0.494 e. The number of thioether (sulfide) groups is 1. The summed E-state index contributed by atoms with van der Waals surface area (Å²) in [5, 5.41) is 3.51. The number of benzene rings is 1. The van der Waals surface area contributed by atoms with Gasteiger partial charge in [-0.2, -0.15) is 4.98 Å². The lowest BCUT2D eigenvalue weighted by Crippen LogP contribution is -2.33. The SMILES string of the molecule is CCCCOc1ccc([C@@H]2CC(=O)Nc3c2c(=O)nc(SCCC)n3C)cc1. The van der Waals surface area contributed by atoms with Crippen LogP contribution in [0.15, 0.2) is 34.2 Å². The molecule has 1 amide bonds. The topological polar surface area (TPSA) is 73.2 Å². The Labute approximate surface area is 169 Å². The Bertz CT molecular complexity index is 893. The van der Waals surface area contributed by atoms with Gasteiger partial charge in [-0.1, -0.05) is 44.2 Å². The first-order chi connectivity index (χ1) is 13.5. The number of carbonyl (C=O) groups excluding carboxylic acids is 1. The highest BCUT2D eigenvalue weighted by Crippen LogP contribution is 2.36. The van der Waals surface area contributed by atoms with Crippen LogP contribution in [0.25, 0.3) is 0 Å². The zero-order valence-electron chi connectivity index (χ0n) is 16.7. The molecule has 1 aliphatic heterocycles. The second kappa shape index (κ2) is 9.28. The number of aromatic nitrogens is 2. The zero-order chi connectivity index (χ0) is 20.1. The molecule has 0 saturated heterocycles. The van der Waals surface area contributed by atoms with Crippen molar-refractivity contribution in [1.29, 1.82) is 0 Å². The van der Waals surface area contributed by atoms with Crippen molar-refractivity contribution in [3.63, 3.8) is 0 Å². The van der Waals surface area contributed by atoms with Gasteiger partial charge in [-0.25, -0.2) is 0 Å². The van der Waals surface area contributed by atoms with E-state index in [-0.39, 0.29) is 23.8 Å². The highest BCUT2D eigenvalue weighted by atomic mass is 32.2.